The number of nitrogens with zero attached hydrogens (tertiary/aromatic N) is 2. The van der Waals surface area contributed by atoms with Crippen LogP contribution in [0.25, 0.3) is 0 Å². The van der Waals surface area contributed by atoms with E-state index >= 15 is 0 Å². The predicted molar refractivity (Wildman–Crippen MR) is 57.3 cm³/mol. The molecule has 0 bridgehead atoms. The largest absolute Gasteiger partial charge is 0.195 e. The maximum absolute atomic E-state index is 8.99. The van der Waals surface area contributed by atoms with Crippen molar-refractivity contribution in [2.75, 3.05) is 6.26 Å². The number of rotatable bonds is 1. The highest BCUT2D eigenvalue weighted by Crippen LogP contribution is 2.33. The third-order valence-corrected chi connectivity index (χ3v) is 3.61. The first kappa shape index (κ1) is 10.6. The van der Waals surface area contributed by atoms with E-state index in [0.717, 1.165) is 15.5 Å². The molecule has 0 aromatic carbocycles. The van der Waals surface area contributed by atoms with Gasteiger partial charge in [0, 0.05) is 5.41 Å². The lowest BCUT2D eigenvalue weighted by Crippen LogP contribution is -2.13. The van der Waals surface area contributed by atoms with Gasteiger partial charge in [-0.25, -0.2) is 0 Å². The number of aromatic nitrogens is 1. The van der Waals surface area contributed by atoms with Crippen molar-refractivity contribution in [3.63, 3.8) is 0 Å². The number of nitriles is 1. The average molecular weight is 212 g/mol. The summed E-state index contributed by atoms with van der Waals surface area (Å²) in [4.78, 5) is 0. The van der Waals surface area contributed by atoms with Crippen molar-refractivity contribution in [1.82, 2.24) is 4.37 Å². The molecule has 4 heteroatoms. The minimum atomic E-state index is -0.0322. The Morgan fingerprint density at radius 3 is 2.46 bits per heavy atom. The second-order valence-electron chi connectivity index (χ2n) is 3.76. The van der Waals surface area contributed by atoms with E-state index in [1.807, 2.05) is 6.26 Å². The van der Waals surface area contributed by atoms with Gasteiger partial charge in [0.05, 0.1) is 9.90 Å². The lowest BCUT2D eigenvalue weighted by molar-refractivity contribution is 0.573. The first-order valence-electron chi connectivity index (χ1n) is 3.95. The second-order valence-corrected chi connectivity index (χ2v) is 5.61. The number of hydrogen-bond acceptors (Lipinski definition) is 4. The summed E-state index contributed by atoms with van der Waals surface area (Å²) in [7, 11) is 0. The lowest BCUT2D eigenvalue weighted by atomic mass is 9.90. The van der Waals surface area contributed by atoms with Crippen LogP contribution in [0.2, 0.25) is 0 Å². The van der Waals surface area contributed by atoms with Crippen molar-refractivity contribution in [3.8, 4) is 6.07 Å². The molecule has 1 heterocycles. The molecule has 0 unspecified atom stereocenters. The summed E-state index contributed by atoms with van der Waals surface area (Å²) < 4.78 is 5.35. The molecule has 0 aliphatic carbocycles. The molecule has 1 aromatic rings. The van der Waals surface area contributed by atoms with Crippen molar-refractivity contribution >= 4 is 23.3 Å². The zero-order valence-corrected chi connectivity index (χ0v) is 9.84. The van der Waals surface area contributed by atoms with Crippen LogP contribution in [0.4, 0.5) is 0 Å². The molecule has 0 N–H and O–H groups in total. The van der Waals surface area contributed by atoms with Gasteiger partial charge in [-0.1, -0.05) is 20.8 Å². The number of hydrogen-bond donors (Lipinski definition) is 0. The first-order valence-corrected chi connectivity index (χ1v) is 5.94. The van der Waals surface area contributed by atoms with Crippen molar-refractivity contribution < 1.29 is 0 Å². The quantitative estimate of drug-likeness (QED) is 0.671. The van der Waals surface area contributed by atoms with E-state index < -0.39 is 0 Å². The van der Waals surface area contributed by atoms with Gasteiger partial charge < -0.3 is 0 Å². The summed E-state index contributed by atoms with van der Waals surface area (Å²) in [5.74, 6) is 0. The predicted octanol–water partition coefficient (Wildman–Crippen LogP) is 3.03. The zero-order valence-electron chi connectivity index (χ0n) is 8.21. The Morgan fingerprint density at radius 1 is 1.46 bits per heavy atom. The summed E-state index contributed by atoms with van der Waals surface area (Å²) in [5.41, 5.74) is 1.64. The van der Waals surface area contributed by atoms with E-state index in [1.165, 1.54) is 11.5 Å². The number of thioether (sulfide) groups is 1. The minimum absolute atomic E-state index is 0.0322. The summed E-state index contributed by atoms with van der Waals surface area (Å²) in [5, 5.41) is 8.99. The fourth-order valence-corrected chi connectivity index (χ4v) is 2.55. The molecule has 0 saturated carbocycles. The van der Waals surface area contributed by atoms with Gasteiger partial charge in [0.1, 0.15) is 11.6 Å². The Morgan fingerprint density at radius 2 is 2.08 bits per heavy atom. The van der Waals surface area contributed by atoms with E-state index in [9.17, 15) is 0 Å². The highest BCUT2D eigenvalue weighted by atomic mass is 32.2. The van der Waals surface area contributed by atoms with E-state index in [0.29, 0.717) is 0 Å². The van der Waals surface area contributed by atoms with Crippen molar-refractivity contribution in [2.24, 2.45) is 0 Å². The molecule has 0 aliphatic rings. The van der Waals surface area contributed by atoms with Crippen molar-refractivity contribution in [1.29, 1.82) is 5.26 Å². The van der Waals surface area contributed by atoms with E-state index in [-0.39, 0.29) is 5.41 Å². The Balaban J connectivity index is 3.26. The van der Waals surface area contributed by atoms with Crippen molar-refractivity contribution in [2.45, 2.75) is 30.4 Å². The van der Waals surface area contributed by atoms with Crippen LogP contribution in [0.5, 0.6) is 0 Å². The normalized spacial score (nSPS) is 11.3. The Hall–Kier alpha value is -0.530. The summed E-state index contributed by atoms with van der Waals surface area (Å²) in [6.45, 7) is 6.23. The molecule has 0 spiro atoms. The summed E-state index contributed by atoms with van der Waals surface area (Å²) >= 11 is 3.01. The Kier molecular flexibility index (Phi) is 2.99. The van der Waals surface area contributed by atoms with Crippen LogP contribution in [-0.4, -0.2) is 10.6 Å². The maximum atomic E-state index is 8.99. The summed E-state index contributed by atoms with van der Waals surface area (Å²) in [6, 6.07) is 2.23. The van der Waals surface area contributed by atoms with Gasteiger partial charge in [-0.05, 0) is 17.8 Å². The van der Waals surface area contributed by atoms with Crippen LogP contribution < -0.4 is 0 Å². The Labute approximate surface area is 87.1 Å². The lowest BCUT2D eigenvalue weighted by Gasteiger charge is -2.15. The summed E-state index contributed by atoms with van der Waals surface area (Å²) in [6.07, 6.45) is 1.97. The standard InChI is InChI=1S/C9H12N2S2/c1-9(2,3)7-6(5-10)8(12-4)13-11-7/h1-4H3. The molecule has 0 fully saturated rings. The topological polar surface area (TPSA) is 36.7 Å². The second kappa shape index (κ2) is 3.69. The van der Waals surface area contributed by atoms with E-state index in [4.69, 9.17) is 5.26 Å². The van der Waals surface area contributed by atoms with Crippen LogP contribution in [0, 0.1) is 11.3 Å². The molecule has 1 aromatic heterocycles. The van der Waals surface area contributed by atoms with Gasteiger partial charge >= 0.3 is 0 Å². The minimum Gasteiger partial charge on any atom is -0.195 e. The highest BCUT2D eigenvalue weighted by molar-refractivity contribution is 8.00. The van der Waals surface area contributed by atoms with Crippen LogP contribution in [-0.2, 0) is 5.41 Å². The fourth-order valence-electron chi connectivity index (χ4n) is 1.02. The van der Waals surface area contributed by atoms with Crippen LogP contribution >= 0.6 is 23.3 Å². The average Bonchev–Trinajstić information content (AvgIpc) is 2.45. The van der Waals surface area contributed by atoms with Crippen LogP contribution in [0.15, 0.2) is 4.21 Å². The molecular weight excluding hydrogens is 200 g/mol. The van der Waals surface area contributed by atoms with Gasteiger partial charge in [-0.15, -0.1) is 11.8 Å². The highest BCUT2D eigenvalue weighted by Gasteiger charge is 2.23. The molecule has 1 rings (SSSR count). The monoisotopic (exact) mass is 212 g/mol. The molecule has 0 aliphatic heterocycles. The van der Waals surface area contributed by atoms with Gasteiger partial charge in [0.25, 0.3) is 0 Å². The van der Waals surface area contributed by atoms with Gasteiger partial charge in [-0.2, -0.15) is 9.64 Å². The van der Waals surface area contributed by atoms with Gasteiger partial charge in [0.2, 0.25) is 0 Å². The molecule has 0 amide bonds. The fraction of sp³-hybridized carbons (Fsp3) is 0.556. The molecule has 0 radical (unpaired) electrons. The van der Waals surface area contributed by atoms with Crippen LogP contribution in [0.3, 0.4) is 0 Å². The first-order chi connectivity index (χ1) is 6.00. The van der Waals surface area contributed by atoms with Crippen LogP contribution in [0.1, 0.15) is 32.0 Å². The Bertz CT molecular complexity index is 341. The third kappa shape index (κ3) is 2.04. The molecule has 13 heavy (non-hydrogen) atoms. The van der Waals surface area contributed by atoms with E-state index in [2.05, 4.69) is 31.2 Å². The van der Waals surface area contributed by atoms with E-state index in [1.54, 1.807) is 11.8 Å². The van der Waals surface area contributed by atoms with Gasteiger partial charge in [0.15, 0.2) is 0 Å². The molecule has 2 nitrogen and oxygen atoms in total. The smallest absolute Gasteiger partial charge is 0.103 e. The SMILES string of the molecule is CSc1snc(C(C)(C)C)c1C#N. The molecular formula is C9H12N2S2. The zero-order chi connectivity index (χ0) is 10.1. The van der Waals surface area contributed by atoms with Crippen molar-refractivity contribution in [3.05, 3.63) is 11.3 Å². The molecule has 70 valence electrons. The van der Waals surface area contributed by atoms with Gasteiger partial charge in [-0.3, -0.25) is 0 Å². The maximum Gasteiger partial charge on any atom is 0.103 e. The molecule has 0 saturated heterocycles. The third-order valence-electron chi connectivity index (χ3n) is 1.67. The molecule has 0 atom stereocenters.